The van der Waals surface area contributed by atoms with Gasteiger partial charge in [0.15, 0.2) is 0 Å². The van der Waals surface area contributed by atoms with Gasteiger partial charge >= 0.3 is 0 Å². The number of ether oxygens (including phenoxy) is 1. The van der Waals surface area contributed by atoms with Crippen molar-refractivity contribution >= 4 is 17.5 Å². The Morgan fingerprint density at radius 1 is 1.25 bits per heavy atom. The molecule has 0 spiro atoms. The average Bonchev–Trinajstić information content (AvgIpc) is 2.48. The molecular weight excluding hydrogens is 252 g/mol. The molecule has 2 aromatic rings. The summed E-state index contributed by atoms with van der Waals surface area (Å²) in [6, 6.07) is 9.55. The van der Waals surface area contributed by atoms with Crippen LogP contribution in [0.25, 0.3) is 0 Å². The maximum Gasteiger partial charge on any atom is 0.224 e. The van der Waals surface area contributed by atoms with Gasteiger partial charge in [-0.05, 0) is 37.3 Å². The summed E-state index contributed by atoms with van der Waals surface area (Å²) in [6.07, 6.45) is 3.46. The van der Waals surface area contributed by atoms with Gasteiger partial charge in [0, 0.05) is 18.4 Å². The van der Waals surface area contributed by atoms with E-state index < -0.39 is 0 Å². The van der Waals surface area contributed by atoms with Crippen LogP contribution in [0, 0.1) is 0 Å². The Kier molecular flexibility index (Phi) is 4.94. The molecule has 104 valence electrons. The maximum absolute atomic E-state index is 5.40. The van der Waals surface area contributed by atoms with E-state index in [1.807, 2.05) is 37.3 Å². The standard InChI is InChI=1S/C15H18N4O/c1-3-10-16-15-17-11-9-14(19-15)18-12-5-7-13(8-6-12)20-4-2/h3,5-9,11H,1,4,10H2,2H3,(H2,16,17,18,19). The highest BCUT2D eigenvalue weighted by atomic mass is 16.5. The van der Waals surface area contributed by atoms with Gasteiger partial charge < -0.3 is 15.4 Å². The lowest BCUT2D eigenvalue weighted by Crippen LogP contribution is -2.04. The van der Waals surface area contributed by atoms with E-state index in [2.05, 4.69) is 27.2 Å². The lowest BCUT2D eigenvalue weighted by atomic mass is 10.3. The molecule has 0 fully saturated rings. The Bertz CT molecular complexity index is 554. The topological polar surface area (TPSA) is 59.1 Å². The molecule has 0 atom stereocenters. The molecule has 0 aliphatic heterocycles. The first-order valence-electron chi connectivity index (χ1n) is 6.49. The minimum absolute atomic E-state index is 0.570. The second kappa shape index (κ2) is 7.13. The van der Waals surface area contributed by atoms with Crippen LogP contribution in [-0.2, 0) is 0 Å². The molecule has 0 unspecified atom stereocenters. The van der Waals surface area contributed by atoms with Crippen LogP contribution in [0.15, 0.2) is 49.2 Å². The SMILES string of the molecule is C=CCNc1nccc(Nc2ccc(OCC)cc2)n1. The molecule has 5 heteroatoms. The highest BCUT2D eigenvalue weighted by Gasteiger charge is 1.99. The molecule has 2 rings (SSSR count). The Morgan fingerprint density at radius 3 is 2.75 bits per heavy atom. The molecule has 0 amide bonds. The number of rotatable bonds is 7. The van der Waals surface area contributed by atoms with Crippen LogP contribution < -0.4 is 15.4 Å². The van der Waals surface area contributed by atoms with Gasteiger partial charge in [0.1, 0.15) is 11.6 Å². The van der Waals surface area contributed by atoms with Gasteiger partial charge in [-0.15, -0.1) is 6.58 Å². The summed E-state index contributed by atoms with van der Waals surface area (Å²) in [7, 11) is 0. The van der Waals surface area contributed by atoms with Crippen molar-refractivity contribution in [3.05, 3.63) is 49.2 Å². The third-order valence-corrected chi connectivity index (χ3v) is 2.50. The van der Waals surface area contributed by atoms with Gasteiger partial charge in [0.05, 0.1) is 6.61 Å². The summed E-state index contributed by atoms with van der Waals surface area (Å²) >= 11 is 0. The summed E-state index contributed by atoms with van der Waals surface area (Å²) < 4.78 is 5.40. The monoisotopic (exact) mass is 270 g/mol. The van der Waals surface area contributed by atoms with E-state index in [1.165, 1.54) is 0 Å². The van der Waals surface area contributed by atoms with E-state index in [0.717, 1.165) is 17.3 Å². The Hall–Kier alpha value is -2.56. The number of benzene rings is 1. The lowest BCUT2D eigenvalue weighted by Gasteiger charge is -2.08. The molecule has 0 bridgehead atoms. The molecule has 0 saturated carbocycles. The van der Waals surface area contributed by atoms with Crippen molar-refractivity contribution in [3.63, 3.8) is 0 Å². The quantitative estimate of drug-likeness (QED) is 0.756. The number of anilines is 3. The summed E-state index contributed by atoms with van der Waals surface area (Å²) in [5.74, 6) is 2.16. The fourth-order valence-electron chi connectivity index (χ4n) is 1.63. The van der Waals surface area contributed by atoms with E-state index in [1.54, 1.807) is 12.3 Å². The van der Waals surface area contributed by atoms with Gasteiger partial charge in [-0.3, -0.25) is 0 Å². The van der Waals surface area contributed by atoms with Crippen LogP contribution in [-0.4, -0.2) is 23.1 Å². The number of aromatic nitrogens is 2. The van der Waals surface area contributed by atoms with E-state index in [4.69, 9.17) is 4.74 Å². The molecular formula is C15H18N4O. The molecule has 5 nitrogen and oxygen atoms in total. The molecule has 0 aliphatic rings. The van der Waals surface area contributed by atoms with Gasteiger partial charge in [0.2, 0.25) is 5.95 Å². The first kappa shape index (κ1) is 13.9. The van der Waals surface area contributed by atoms with E-state index >= 15 is 0 Å². The number of nitrogens with one attached hydrogen (secondary N) is 2. The summed E-state index contributed by atoms with van der Waals surface area (Å²) in [6.45, 7) is 6.90. The first-order valence-corrected chi connectivity index (χ1v) is 6.49. The van der Waals surface area contributed by atoms with Crippen LogP contribution >= 0.6 is 0 Å². The fourth-order valence-corrected chi connectivity index (χ4v) is 1.63. The van der Waals surface area contributed by atoms with Crippen molar-refractivity contribution < 1.29 is 4.74 Å². The van der Waals surface area contributed by atoms with Crippen LogP contribution in [0.5, 0.6) is 5.75 Å². The zero-order valence-electron chi connectivity index (χ0n) is 11.5. The molecule has 0 radical (unpaired) electrons. The first-order chi connectivity index (χ1) is 9.81. The molecule has 20 heavy (non-hydrogen) atoms. The Morgan fingerprint density at radius 2 is 2.05 bits per heavy atom. The van der Waals surface area contributed by atoms with Crippen LogP contribution in [0.3, 0.4) is 0 Å². The van der Waals surface area contributed by atoms with E-state index in [0.29, 0.717) is 19.1 Å². The maximum atomic E-state index is 5.40. The lowest BCUT2D eigenvalue weighted by molar-refractivity contribution is 0.340. The fraction of sp³-hybridized carbons (Fsp3) is 0.200. The molecule has 0 aliphatic carbocycles. The number of hydrogen-bond acceptors (Lipinski definition) is 5. The third-order valence-electron chi connectivity index (χ3n) is 2.50. The number of nitrogens with zero attached hydrogens (tertiary/aromatic N) is 2. The highest BCUT2D eigenvalue weighted by molar-refractivity contribution is 5.57. The highest BCUT2D eigenvalue weighted by Crippen LogP contribution is 2.19. The predicted octanol–water partition coefficient (Wildman–Crippen LogP) is 3.22. The van der Waals surface area contributed by atoms with Crippen LogP contribution in [0.2, 0.25) is 0 Å². The zero-order chi connectivity index (χ0) is 14.2. The minimum atomic E-state index is 0.570. The van der Waals surface area contributed by atoms with Crippen LogP contribution in [0.4, 0.5) is 17.5 Å². The Labute approximate surface area is 118 Å². The van der Waals surface area contributed by atoms with Gasteiger partial charge in [-0.25, -0.2) is 4.98 Å². The summed E-state index contributed by atoms with van der Waals surface area (Å²) in [4.78, 5) is 8.48. The third kappa shape index (κ3) is 3.98. The molecule has 1 aromatic carbocycles. The largest absolute Gasteiger partial charge is 0.494 e. The molecule has 1 heterocycles. The van der Waals surface area contributed by atoms with Crippen molar-refractivity contribution in [2.75, 3.05) is 23.8 Å². The average molecular weight is 270 g/mol. The van der Waals surface area contributed by atoms with Crippen molar-refractivity contribution in [3.8, 4) is 5.75 Å². The van der Waals surface area contributed by atoms with Crippen molar-refractivity contribution in [1.82, 2.24) is 9.97 Å². The predicted molar refractivity (Wildman–Crippen MR) is 81.6 cm³/mol. The second-order valence-corrected chi connectivity index (χ2v) is 4.02. The number of hydrogen-bond donors (Lipinski definition) is 2. The van der Waals surface area contributed by atoms with E-state index in [-0.39, 0.29) is 0 Å². The summed E-state index contributed by atoms with van der Waals surface area (Å²) in [5, 5.41) is 6.26. The second-order valence-electron chi connectivity index (χ2n) is 4.02. The van der Waals surface area contributed by atoms with Crippen molar-refractivity contribution in [2.24, 2.45) is 0 Å². The molecule has 1 aromatic heterocycles. The van der Waals surface area contributed by atoms with E-state index in [9.17, 15) is 0 Å². The smallest absolute Gasteiger partial charge is 0.224 e. The molecule has 2 N–H and O–H groups in total. The summed E-state index contributed by atoms with van der Waals surface area (Å²) in [5.41, 5.74) is 0.946. The van der Waals surface area contributed by atoms with Crippen molar-refractivity contribution in [1.29, 1.82) is 0 Å². The van der Waals surface area contributed by atoms with Crippen molar-refractivity contribution in [2.45, 2.75) is 6.92 Å². The van der Waals surface area contributed by atoms with Gasteiger partial charge in [0.25, 0.3) is 0 Å². The minimum Gasteiger partial charge on any atom is -0.494 e. The normalized spacial score (nSPS) is 9.85. The zero-order valence-corrected chi connectivity index (χ0v) is 11.5. The van der Waals surface area contributed by atoms with Gasteiger partial charge in [-0.2, -0.15) is 4.98 Å². The Balaban J connectivity index is 2.03. The van der Waals surface area contributed by atoms with Gasteiger partial charge in [-0.1, -0.05) is 6.08 Å². The molecule has 0 saturated heterocycles. The van der Waals surface area contributed by atoms with Crippen LogP contribution in [0.1, 0.15) is 6.92 Å².